The SMILES string of the molecule is C1CCC(NC2CCCCC2)CC1.COC1(OC)C[C@@H](C(=O)O)N(C(=O)C(C)CSC(C)=O)C1. The molecule has 8 nitrogen and oxygen atoms in total. The van der Waals surface area contributed by atoms with E-state index in [1.165, 1.54) is 90.3 Å². The summed E-state index contributed by atoms with van der Waals surface area (Å²) in [6.07, 6.45) is 14.6. The maximum absolute atomic E-state index is 12.4. The molecule has 3 aliphatic rings. The first-order valence-electron chi connectivity index (χ1n) is 12.7. The Morgan fingerprint density at radius 1 is 1.00 bits per heavy atom. The van der Waals surface area contributed by atoms with Gasteiger partial charge in [0.1, 0.15) is 6.04 Å². The number of methoxy groups -OCH3 is 2. The molecule has 0 aromatic carbocycles. The Bertz CT molecular complexity index is 644. The topological polar surface area (TPSA) is 105 Å². The number of nitrogens with zero attached hydrogens (tertiary/aromatic N) is 1. The van der Waals surface area contributed by atoms with Crippen LogP contribution in [0, 0.1) is 5.92 Å². The molecule has 1 aliphatic heterocycles. The molecule has 1 saturated heterocycles. The number of carboxylic acids is 1. The zero-order chi connectivity index (χ0) is 25.1. The van der Waals surface area contributed by atoms with Crippen LogP contribution < -0.4 is 5.32 Å². The number of carboxylic acid groups (broad SMARTS) is 1. The van der Waals surface area contributed by atoms with E-state index in [4.69, 9.17) is 9.47 Å². The molecule has 2 N–H and O–H groups in total. The second kappa shape index (κ2) is 14.4. The van der Waals surface area contributed by atoms with Crippen LogP contribution in [0.3, 0.4) is 0 Å². The molecule has 9 heteroatoms. The molecular weight excluding hydrogens is 456 g/mol. The summed E-state index contributed by atoms with van der Waals surface area (Å²) < 4.78 is 10.5. The number of carbonyl (C=O) groups excluding carboxylic acids is 2. The Balaban J connectivity index is 0.000000266. The number of hydrogen-bond acceptors (Lipinski definition) is 7. The lowest BCUT2D eigenvalue weighted by molar-refractivity contribution is -0.197. The van der Waals surface area contributed by atoms with Crippen LogP contribution in [0.25, 0.3) is 0 Å². The van der Waals surface area contributed by atoms with Crippen molar-refractivity contribution in [3.05, 3.63) is 0 Å². The van der Waals surface area contributed by atoms with Gasteiger partial charge in [-0.05, 0) is 25.7 Å². The lowest BCUT2D eigenvalue weighted by Crippen LogP contribution is -2.44. The van der Waals surface area contributed by atoms with E-state index >= 15 is 0 Å². The third kappa shape index (κ3) is 8.81. The highest BCUT2D eigenvalue weighted by Gasteiger charge is 2.50. The first kappa shape index (κ1) is 29.1. The van der Waals surface area contributed by atoms with Gasteiger partial charge in [-0.3, -0.25) is 9.59 Å². The van der Waals surface area contributed by atoms with E-state index in [1.54, 1.807) is 6.92 Å². The summed E-state index contributed by atoms with van der Waals surface area (Å²) >= 11 is 1.05. The van der Waals surface area contributed by atoms with Gasteiger partial charge in [-0.25, -0.2) is 4.79 Å². The summed E-state index contributed by atoms with van der Waals surface area (Å²) in [5.41, 5.74) is 0. The molecule has 1 heterocycles. The van der Waals surface area contributed by atoms with E-state index in [-0.39, 0.29) is 24.0 Å². The van der Waals surface area contributed by atoms with Crippen molar-refractivity contribution < 1.29 is 29.0 Å². The van der Waals surface area contributed by atoms with Crippen molar-refractivity contribution in [2.75, 3.05) is 26.5 Å². The minimum absolute atomic E-state index is 0.0604. The van der Waals surface area contributed by atoms with E-state index in [1.807, 2.05) is 0 Å². The van der Waals surface area contributed by atoms with Crippen molar-refractivity contribution >= 4 is 28.8 Å². The molecule has 0 spiro atoms. The predicted molar refractivity (Wildman–Crippen MR) is 134 cm³/mol. The van der Waals surface area contributed by atoms with Crippen LogP contribution in [0.4, 0.5) is 0 Å². The molecule has 1 unspecified atom stereocenters. The van der Waals surface area contributed by atoms with E-state index in [2.05, 4.69) is 5.32 Å². The van der Waals surface area contributed by atoms with Crippen molar-refractivity contribution in [1.29, 1.82) is 0 Å². The normalized spacial score (nSPS) is 24.2. The number of carbonyl (C=O) groups is 3. The highest BCUT2D eigenvalue weighted by Crippen LogP contribution is 2.32. The fourth-order valence-corrected chi connectivity index (χ4v) is 5.77. The third-order valence-electron chi connectivity index (χ3n) is 7.24. The highest BCUT2D eigenvalue weighted by molar-refractivity contribution is 8.13. The van der Waals surface area contributed by atoms with Gasteiger partial charge < -0.3 is 24.8 Å². The standard InChI is InChI=1S/C13H21NO6S.C12H23N/c1-8(6-21-9(2)15)11(16)14-7-13(19-3,20-4)5-10(14)12(17)18;1-3-7-11(8-4-1)13-12-9-5-2-6-10-12/h8,10H,5-7H2,1-4H3,(H,17,18);11-13H,1-10H2/t8?,10-;/m0./s1. The van der Waals surface area contributed by atoms with Crippen LogP contribution in [0.15, 0.2) is 0 Å². The summed E-state index contributed by atoms with van der Waals surface area (Å²) in [4.78, 5) is 36.0. The predicted octanol–water partition coefficient (Wildman–Crippen LogP) is 3.82. The zero-order valence-corrected chi connectivity index (χ0v) is 22.2. The van der Waals surface area contributed by atoms with Crippen LogP contribution in [0.1, 0.15) is 84.5 Å². The van der Waals surface area contributed by atoms with Crippen LogP contribution in [0.5, 0.6) is 0 Å². The van der Waals surface area contributed by atoms with Gasteiger partial charge in [0.05, 0.1) is 6.54 Å². The molecule has 2 atom stereocenters. The van der Waals surface area contributed by atoms with Gasteiger partial charge in [0.25, 0.3) is 0 Å². The maximum atomic E-state index is 12.4. The Hall–Kier alpha value is -1.16. The molecule has 0 radical (unpaired) electrons. The second-order valence-electron chi connectivity index (χ2n) is 9.88. The number of thioether (sulfide) groups is 1. The number of aliphatic carboxylic acids is 1. The lowest BCUT2D eigenvalue weighted by Gasteiger charge is -2.30. The highest BCUT2D eigenvalue weighted by atomic mass is 32.2. The monoisotopic (exact) mass is 500 g/mol. The first-order chi connectivity index (χ1) is 16.2. The summed E-state index contributed by atoms with van der Waals surface area (Å²) in [5.74, 6) is -2.63. The minimum atomic E-state index is -1.09. The van der Waals surface area contributed by atoms with Gasteiger partial charge in [-0.15, -0.1) is 0 Å². The van der Waals surface area contributed by atoms with Gasteiger partial charge in [0.15, 0.2) is 10.9 Å². The molecule has 0 aromatic rings. The average Bonchev–Trinajstić information content (AvgIpc) is 3.25. The Morgan fingerprint density at radius 2 is 1.50 bits per heavy atom. The summed E-state index contributed by atoms with van der Waals surface area (Å²) in [5, 5.41) is 13.1. The third-order valence-corrected chi connectivity index (χ3v) is 8.32. The zero-order valence-electron chi connectivity index (χ0n) is 21.3. The van der Waals surface area contributed by atoms with Crippen LogP contribution in [-0.2, 0) is 23.9 Å². The van der Waals surface area contributed by atoms with Crippen molar-refractivity contribution in [3.63, 3.8) is 0 Å². The number of amides is 1. The molecule has 3 fully saturated rings. The van der Waals surface area contributed by atoms with Gasteiger partial charge >= 0.3 is 5.97 Å². The van der Waals surface area contributed by atoms with Crippen LogP contribution in [0.2, 0.25) is 0 Å². The molecule has 0 bridgehead atoms. The van der Waals surface area contributed by atoms with Crippen LogP contribution in [-0.4, -0.2) is 77.4 Å². The largest absolute Gasteiger partial charge is 0.480 e. The molecule has 2 saturated carbocycles. The average molecular weight is 501 g/mol. The molecule has 0 aromatic heterocycles. The summed E-state index contributed by atoms with van der Waals surface area (Å²) in [6.45, 7) is 3.17. The molecule has 2 aliphatic carbocycles. The summed E-state index contributed by atoms with van der Waals surface area (Å²) in [7, 11) is 2.84. The quantitative estimate of drug-likeness (QED) is 0.485. The number of rotatable bonds is 8. The molecule has 3 rings (SSSR count). The fraction of sp³-hybridized carbons (Fsp3) is 0.880. The molecule has 34 heavy (non-hydrogen) atoms. The van der Waals surface area contributed by atoms with Gasteiger partial charge in [-0.2, -0.15) is 0 Å². The Morgan fingerprint density at radius 3 is 1.91 bits per heavy atom. The maximum Gasteiger partial charge on any atom is 0.326 e. The second-order valence-corrected chi connectivity index (χ2v) is 11.1. The van der Waals surface area contributed by atoms with E-state index in [9.17, 15) is 19.5 Å². The number of ether oxygens (including phenoxy) is 2. The Labute approximate surface area is 208 Å². The van der Waals surface area contributed by atoms with E-state index in [0.717, 1.165) is 23.8 Å². The summed E-state index contributed by atoms with van der Waals surface area (Å²) in [6, 6.07) is 0.760. The number of hydrogen-bond donors (Lipinski definition) is 2. The van der Waals surface area contributed by atoms with Gasteiger partial charge in [0.2, 0.25) is 5.91 Å². The van der Waals surface area contributed by atoms with Gasteiger partial charge in [-0.1, -0.05) is 57.2 Å². The first-order valence-corrected chi connectivity index (χ1v) is 13.7. The van der Waals surface area contributed by atoms with Gasteiger partial charge in [0, 0.05) is 51.3 Å². The van der Waals surface area contributed by atoms with E-state index in [0.29, 0.717) is 5.75 Å². The van der Waals surface area contributed by atoms with Crippen molar-refractivity contribution in [3.8, 4) is 0 Å². The van der Waals surface area contributed by atoms with Crippen LogP contribution >= 0.6 is 11.8 Å². The van der Waals surface area contributed by atoms with Crippen molar-refractivity contribution in [2.45, 2.75) is 108 Å². The number of nitrogens with one attached hydrogen (secondary N) is 1. The Kier molecular flexibility index (Phi) is 12.3. The minimum Gasteiger partial charge on any atom is -0.480 e. The smallest absolute Gasteiger partial charge is 0.326 e. The van der Waals surface area contributed by atoms with Crippen molar-refractivity contribution in [2.24, 2.45) is 5.92 Å². The van der Waals surface area contributed by atoms with Crippen molar-refractivity contribution in [1.82, 2.24) is 10.2 Å². The fourth-order valence-electron chi connectivity index (χ4n) is 5.14. The number of likely N-dealkylation sites (tertiary alicyclic amines) is 1. The molecule has 1 amide bonds. The lowest BCUT2D eigenvalue weighted by atomic mass is 9.91. The molecular formula is C25H44N2O6S. The van der Waals surface area contributed by atoms with E-state index < -0.39 is 23.7 Å². The molecule has 196 valence electrons.